The highest BCUT2D eigenvalue weighted by molar-refractivity contribution is 5.74. The molecule has 0 aliphatic carbocycles. The van der Waals surface area contributed by atoms with E-state index >= 15 is 0 Å². The first-order valence-corrected chi connectivity index (χ1v) is 10.9. The van der Waals surface area contributed by atoms with E-state index in [-0.39, 0.29) is 18.0 Å². The first-order valence-electron chi connectivity index (χ1n) is 10.9. The number of ether oxygens (including phenoxy) is 2. The number of carbonyl (C=O) groups is 1. The summed E-state index contributed by atoms with van der Waals surface area (Å²) in [7, 11) is 1.65. The van der Waals surface area contributed by atoms with Crippen molar-refractivity contribution in [2.75, 3.05) is 13.7 Å². The maximum Gasteiger partial charge on any atom is 0.309 e. The maximum absolute atomic E-state index is 11.8. The molecular formula is C24H38O3. The van der Waals surface area contributed by atoms with E-state index in [1.54, 1.807) is 7.11 Å². The van der Waals surface area contributed by atoms with Crippen molar-refractivity contribution in [3.8, 4) is 23.7 Å². The van der Waals surface area contributed by atoms with E-state index in [0.29, 0.717) is 6.61 Å². The van der Waals surface area contributed by atoms with Gasteiger partial charge in [0.25, 0.3) is 0 Å². The molecule has 1 fully saturated rings. The molecule has 0 amide bonds. The third kappa shape index (κ3) is 12.5. The van der Waals surface area contributed by atoms with Gasteiger partial charge >= 0.3 is 5.97 Å². The van der Waals surface area contributed by atoms with Crippen LogP contribution in [0, 0.1) is 29.6 Å². The Hall–Kier alpha value is -1.45. The van der Waals surface area contributed by atoms with Crippen molar-refractivity contribution in [3.63, 3.8) is 0 Å². The molecule has 0 radical (unpaired) electrons. The summed E-state index contributed by atoms with van der Waals surface area (Å²) < 4.78 is 10.4. The smallest absolute Gasteiger partial charge is 0.309 e. The van der Waals surface area contributed by atoms with Crippen LogP contribution in [0.5, 0.6) is 0 Å². The van der Waals surface area contributed by atoms with Gasteiger partial charge in [-0.1, -0.05) is 70.1 Å². The highest BCUT2D eigenvalue weighted by atomic mass is 16.6. The standard InChI is InChI=1S/C24H38O3/c1-3-4-5-6-7-8-9-10-11-12-13-14-15-16-17-18-19-22-20-23(21-26-2)27-24(22)25/h22-23H,3-7,12-21H2,1-2H3. The zero-order valence-electron chi connectivity index (χ0n) is 17.5. The maximum atomic E-state index is 11.8. The summed E-state index contributed by atoms with van der Waals surface area (Å²) in [4.78, 5) is 11.8. The lowest BCUT2D eigenvalue weighted by Gasteiger charge is -2.06. The molecule has 2 atom stereocenters. The highest BCUT2D eigenvalue weighted by Crippen LogP contribution is 2.26. The molecule has 1 aliphatic rings. The molecule has 1 rings (SSSR count). The molecule has 152 valence electrons. The van der Waals surface area contributed by atoms with Gasteiger partial charge in [0.05, 0.1) is 12.5 Å². The van der Waals surface area contributed by atoms with Crippen LogP contribution >= 0.6 is 0 Å². The molecule has 0 aromatic carbocycles. The van der Waals surface area contributed by atoms with Gasteiger partial charge in [-0.3, -0.25) is 4.79 Å². The second kappa shape index (κ2) is 16.7. The van der Waals surface area contributed by atoms with Gasteiger partial charge in [-0.25, -0.2) is 0 Å². The lowest BCUT2D eigenvalue weighted by molar-refractivity contribution is -0.145. The van der Waals surface area contributed by atoms with Crippen LogP contribution in [0.3, 0.4) is 0 Å². The van der Waals surface area contributed by atoms with Gasteiger partial charge in [0.1, 0.15) is 6.10 Å². The van der Waals surface area contributed by atoms with Crippen molar-refractivity contribution in [2.45, 2.75) is 103 Å². The molecule has 1 aliphatic heterocycles. The summed E-state index contributed by atoms with van der Waals surface area (Å²) in [5.74, 6) is 12.3. The molecule has 27 heavy (non-hydrogen) atoms. The minimum Gasteiger partial charge on any atom is -0.460 e. The molecule has 0 spiro atoms. The monoisotopic (exact) mass is 374 g/mol. The zero-order valence-corrected chi connectivity index (χ0v) is 17.5. The Bertz CT molecular complexity index is 503. The number of rotatable bonds is 14. The van der Waals surface area contributed by atoms with Crippen LogP contribution < -0.4 is 0 Å². The SMILES string of the molecule is CCCCCCC#CC#CCCCCCCCCC1CC(COC)OC1=O. The fraction of sp³-hybridized carbons (Fsp3) is 0.792. The Morgan fingerprint density at radius 3 is 2.15 bits per heavy atom. The Kier molecular flexibility index (Phi) is 14.6. The van der Waals surface area contributed by atoms with Crippen molar-refractivity contribution in [2.24, 2.45) is 5.92 Å². The number of unbranched alkanes of at least 4 members (excludes halogenated alkanes) is 10. The largest absolute Gasteiger partial charge is 0.460 e. The molecule has 0 bridgehead atoms. The molecular weight excluding hydrogens is 336 g/mol. The van der Waals surface area contributed by atoms with E-state index in [4.69, 9.17) is 9.47 Å². The second-order valence-corrected chi connectivity index (χ2v) is 7.52. The van der Waals surface area contributed by atoms with Gasteiger partial charge in [0, 0.05) is 20.0 Å². The Morgan fingerprint density at radius 2 is 1.52 bits per heavy atom. The first kappa shape index (κ1) is 23.6. The Morgan fingerprint density at radius 1 is 0.926 bits per heavy atom. The predicted molar refractivity (Wildman–Crippen MR) is 111 cm³/mol. The van der Waals surface area contributed by atoms with E-state index in [2.05, 4.69) is 30.6 Å². The number of methoxy groups -OCH3 is 1. The number of hydrogen-bond donors (Lipinski definition) is 0. The van der Waals surface area contributed by atoms with Crippen LogP contribution in [0.25, 0.3) is 0 Å². The third-order valence-electron chi connectivity index (χ3n) is 5.02. The van der Waals surface area contributed by atoms with Gasteiger partial charge in [-0.05, 0) is 37.5 Å². The molecule has 1 saturated heterocycles. The van der Waals surface area contributed by atoms with Crippen LogP contribution in [0.4, 0.5) is 0 Å². The van der Waals surface area contributed by atoms with Gasteiger partial charge in [0.2, 0.25) is 0 Å². The van der Waals surface area contributed by atoms with Crippen LogP contribution in [-0.4, -0.2) is 25.8 Å². The van der Waals surface area contributed by atoms with E-state index < -0.39 is 0 Å². The number of carbonyl (C=O) groups excluding carboxylic acids is 1. The van der Waals surface area contributed by atoms with Gasteiger partial charge in [-0.15, -0.1) is 0 Å². The summed E-state index contributed by atoms with van der Waals surface area (Å²) in [6.45, 7) is 2.75. The van der Waals surface area contributed by atoms with E-state index in [1.807, 2.05) is 0 Å². The fourth-order valence-corrected chi connectivity index (χ4v) is 3.41. The average molecular weight is 375 g/mol. The molecule has 3 nitrogen and oxygen atoms in total. The fourth-order valence-electron chi connectivity index (χ4n) is 3.41. The average Bonchev–Trinajstić information content (AvgIpc) is 3.01. The van der Waals surface area contributed by atoms with Crippen molar-refractivity contribution < 1.29 is 14.3 Å². The molecule has 0 N–H and O–H groups in total. The van der Waals surface area contributed by atoms with Gasteiger partial charge in [-0.2, -0.15) is 0 Å². The van der Waals surface area contributed by atoms with Crippen molar-refractivity contribution >= 4 is 5.97 Å². The van der Waals surface area contributed by atoms with E-state index in [9.17, 15) is 4.79 Å². The minimum atomic E-state index is -0.0284. The van der Waals surface area contributed by atoms with Crippen LogP contribution in [0.1, 0.15) is 96.8 Å². The lowest BCUT2D eigenvalue weighted by Crippen LogP contribution is -2.13. The minimum absolute atomic E-state index is 0.0281. The zero-order chi connectivity index (χ0) is 19.6. The van der Waals surface area contributed by atoms with Crippen LogP contribution in [0.15, 0.2) is 0 Å². The Balaban J connectivity index is 1.89. The van der Waals surface area contributed by atoms with Crippen LogP contribution in [-0.2, 0) is 14.3 Å². The summed E-state index contributed by atoms with van der Waals surface area (Å²) in [6.07, 6.45) is 16.0. The van der Waals surface area contributed by atoms with Gasteiger partial charge < -0.3 is 9.47 Å². The molecule has 2 unspecified atom stereocenters. The van der Waals surface area contributed by atoms with E-state index in [1.165, 1.54) is 57.8 Å². The molecule has 3 heteroatoms. The number of hydrogen-bond acceptors (Lipinski definition) is 3. The van der Waals surface area contributed by atoms with Crippen LogP contribution in [0.2, 0.25) is 0 Å². The molecule has 1 heterocycles. The predicted octanol–water partition coefficient (Wildman–Crippen LogP) is 5.66. The lowest BCUT2D eigenvalue weighted by atomic mass is 9.97. The third-order valence-corrected chi connectivity index (χ3v) is 5.02. The first-order chi connectivity index (χ1) is 13.3. The Labute approximate surface area is 167 Å². The molecule has 0 saturated carbocycles. The summed E-state index contributed by atoms with van der Waals surface area (Å²) in [5, 5.41) is 0. The van der Waals surface area contributed by atoms with Crippen molar-refractivity contribution in [1.82, 2.24) is 0 Å². The number of esters is 1. The van der Waals surface area contributed by atoms with E-state index in [0.717, 1.165) is 32.1 Å². The normalized spacial score (nSPS) is 18.4. The summed E-state index contributed by atoms with van der Waals surface area (Å²) in [5.41, 5.74) is 0. The quantitative estimate of drug-likeness (QED) is 0.223. The molecule has 0 aromatic heterocycles. The van der Waals surface area contributed by atoms with Crippen molar-refractivity contribution in [3.05, 3.63) is 0 Å². The summed E-state index contributed by atoms with van der Waals surface area (Å²) >= 11 is 0. The highest BCUT2D eigenvalue weighted by Gasteiger charge is 2.33. The molecule has 0 aromatic rings. The number of cyclic esters (lactones) is 1. The van der Waals surface area contributed by atoms with Crippen molar-refractivity contribution in [1.29, 1.82) is 0 Å². The van der Waals surface area contributed by atoms with Gasteiger partial charge in [0.15, 0.2) is 0 Å². The second-order valence-electron chi connectivity index (χ2n) is 7.52. The topological polar surface area (TPSA) is 35.5 Å². The summed E-state index contributed by atoms with van der Waals surface area (Å²) in [6, 6.07) is 0.